The monoisotopic (exact) mass is 495 g/mol. The maximum atomic E-state index is 2.49. The Bertz CT molecular complexity index is 412. The van der Waals surface area contributed by atoms with Crippen molar-refractivity contribution in [2.24, 2.45) is 35.5 Å². The van der Waals surface area contributed by atoms with Crippen LogP contribution in [0.25, 0.3) is 0 Å². The van der Waals surface area contributed by atoms with Gasteiger partial charge in [-0.3, -0.25) is 0 Å². The second kappa shape index (κ2) is 21.0. The zero-order chi connectivity index (χ0) is 26.7. The van der Waals surface area contributed by atoms with Gasteiger partial charge in [0.25, 0.3) is 0 Å². The fraction of sp³-hybridized carbons (Fsp3) is 1.00. The lowest BCUT2D eigenvalue weighted by Crippen LogP contribution is -2.42. The smallest absolute Gasteiger partial charge is 0.0785 e. The average molecular weight is 495 g/mol. The van der Waals surface area contributed by atoms with E-state index < -0.39 is 0 Å². The SMILES string of the molecule is CCC(CCCC(C)CCCC(C)C)CC[N+](C)(C)CCC(CC)CCCC(C)CCCC(C)C. The Balaban J connectivity index is 4.12. The first-order valence-electron chi connectivity index (χ1n) is 16.3. The first kappa shape index (κ1) is 35.0. The summed E-state index contributed by atoms with van der Waals surface area (Å²) >= 11 is 0. The number of hydrogen-bond acceptors (Lipinski definition) is 0. The van der Waals surface area contributed by atoms with Gasteiger partial charge >= 0.3 is 0 Å². The van der Waals surface area contributed by atoms with Gasteiger partial charge in [0.1, 0.15) is 0 Å². The van der Waals surface area contributed by atoms with Crippen LogP contribution < -0.4 is 0 Å². The van der Waals surface area contributed by atoms with Crippen molar-refractivity contribution in [3.63, 3.8) is 0 Å². The van der Waals surface area contributed by atoms with Gasteiger partial charge in [-0.2, -0.15) is 0 Å². The van der Waals surface area contributed by atoms with Gasteiger partial charge < -0.3 is 4.48 Å². The third kappa shape index (κ3) is 21.7. The van der Waals surface area contributed by atoms with Crippen LogP contribution in [0.4, 0.5) is 0 Å². The van der Waals surface area contributed by atoms with Crippen LogP contribution in [-0.4, -0.2) is 31.7 Å². The van der Waals surface area contributed by atoms with Gasteiger partial charge in [0.05, 0.1) is 27.2 Å². The average Bonchev–Trinajstić information content (AvgIpc) is 2.77. The number of rotatable bonds is 24. The molecule has 4 atom stereocenters. The Kier molecular flexibility index (Phi) is 20.9. The van der Waals surface area contributed by atoms with Crippen molar-refractivity contribution < 1.29 is 4.48 Å². The Labute approximate surface area is 225 Å². The molecule has 0 aliphatic heterocycles. The summed E-state index contributed by atoms with van der Waals surface area (Å²) < 4.78 is 1.23. The van der Waals surface area contributed by atoms with Gasteiger partial charge in [-0.15, -0.1) is 0 Å². The molecule has 35 heavy (non-hydrogen) atoms. The van der Waals surface area contributed by atoms with E-state index >= 15 is 0 Å². The normalized spacial score (nSPS) is 16.1. The lowest BCUT2D eigenvalue weighted by Gasteiger charge is -2.33. The maximum absolute atomic E-state index is 2.49. The van der Waals surface area contributed by atoms with E-state index in [1.807, 2.05) is 0 Å². The van der Waals surface area contributed by atoms with Crippen LogP contribution in [0.5, 0.6) is 0 Å². The minimum Gasteiger partial charge on any atom is -0.328 e. The minimum absolute atomic E-state index is 0.869. The summed E-state index contributed by atoms with van der Waals surface area (Å²) in [5, 5.41) is 0. The fourth-order valence-corrected chi connectivity index (χ4v) is 5.83. The standard InChI is InChI=1S/C34H72N/c1-11-33(23-15-21-31(7)19-13-17-29(3)4)25-27-35(9,10)28-26-34(12-2)24-16-22-32(8)20-14-18-30(5)6/h29-34H,11-28H2,1-10H3/q+1. The summed E-state index contributed by atoms with van der Waals surface area (Å²) in [6, 6.07) is 0. The molecule has 4 unspecified atom stereocenters. The molecular formula is C34H72N+. The summed E-state index contributed by atoms with van der Waals surface area (Å²) in [6.07, 6.45) is 22.8. The van der Waals surface area contributed by atoms with E-state index in [0.717, 1.165) is 35.5 Å². The molecule has 0 fully saturated rings. The highest BCUT2D eigenvalue weighted by atomic mass is 15.3. The molecule has 0 bridgehead atoms. The van der Waals surface area contributed by atoms with Crippen molar-refractivity contribution in [1.29, 1.82) is 0 Å². The third-order valence-corrected chi connectivity index (χ3v) is 9.02. The Morgan fingerprint density at radius 2 is 0.743 bits per heavy atom. The highest BCUT2D eigenvalue weighted by Crippen LogP contribution is 2.25. The molecular weight excluding hydrogens is 422 g/mol. The lowest BCUT2D eigenvalue weighted by atomic mass is 9.90. The van der Waals surface area contributed by atoms with Crippen molar-refractivity contribution in [2.45, 2.75) is 158 Å². The quantitative estimate of drug-likeness (QED) is 0.117. The first-order valence-corrected chi connectivity index (χ1v) is 16.3. The molecule has 0 aromatic rings. The Morgan fingerprint density at radius 1 is 0.429 bits per heavy atom. The van der Waals surface area contributed by atoms with Crippen molar-refractivity contribution in [1.82, 2.24) is 0 Å². The van der Waals surface area contributed by atoms with Crippen LogP contribution in [0.2, 0.25) is 0 Å². The molecule has 0 radical (unpaired) electrons. The van der Waals surface area contributed by atoms with E-state index in [4.69, 9.17) is 0 Å². The number of hydrogen-bond donors (Lipinski definition) is 0. The molecule has 0 saturated heterocycles. The fourth-order valence-electron chi connectivity index (χ4n) is 5.83. The molecule has 0 amide bonds. The van der Waals surface area contributed by atoms with Gasteiger partial charge in [0.2, 0.25) is 0 Å². The second-order valence-electron chi connectivity index (χ2n) is 14.2. The predicted molar refractivity (Wildman–Crippen MR) is 162 cm³/mol. The molecule has 0 aliphatic carbocycles. The Morgan fingerprint density at radius 3 is 1.03 bits per heavy atom. The van der Waals surface area contributed by atoms with Crippen LogP contribution >= 0.6 is 0 Å². The summed E-state index contributed by atoms with van der Waals surface area (Å²) in [4.78, 5) is 0. The van der Waals surface area contributed by atoms with Crippen molar-refractivity contribution in [2.75, 3.05) is 27.2 Å². The van der Waals surface area contributed by atoms with Crippen LogP contribution in [0.3, 0.4) is 0 Å². The zero-order valence-electron chi connectivity index (χ0n) is 26.6. The molecule has 0 rings (SSSR count). The summed E-state index contributed by atoms with van der Waals surface area (Å²) in [5.74, 6) is 5.46. The molecule has 0 heterocycles. The van der Waals surface area contributed by atoms with E-state index in [-0.39, 0.29) is 0 Å². The molecule has 212 valence electrons. The predicted octanol–water partition coefficient (Wildman–Crippen LogP) is 11.2. The topological polar surface area (TPSA) is 0 Å². The lowest BCUT2D eigenvalue weighted by molar-refractivity contribution is -0.891. The number of quaternary nitrogens is 1. The molecule has 0 N–H and O–H groups in total. The Hall–Kier alpha value is -0.0400. The van der Waals surface area contributed by atoms with Crippen LogP contribution in [0, 0.1) is 35.5 Å². The molecule has 0 aromatic heterocycles. The van der Waals surface area contributed by atoms with Crippen LogP contribution in [-0.2, 0) is 0 Å². The van der Waals surface area contributed by atoms with Gasteiger partial charge in [-0.1, -0.05) is 145 Å². The highest BCUT2D eigenvalue weighted by molar-refractivity contribution is 4.63. The third-order valence-electron chi connectivity index (χ3n) is 9.02. The summed E-state index contributed by atoms with van der Waals surface area (Å²) in [7, 11) is 4.99. The second-order valence-corrected chi connectivity index (χ2v) is 14.2. The van der Waals surface area contributed by atoms with Gasteiger partial charge in [-0.05, 0) is 48.3 Å². The summed E-state index contributed by atoms with van der Waals surface area (Å²) in [6.45, 7) is 22.0. The van der Waals surface area contributed by atoms with Crippen LogP contribution in [0.15, 0.2) is 0 Å². The van der Waals surface area contributed by atoms with E-state index in [2.05, 4.69) is 69.5 Å². The summed E-state index contributed by atoms with van der Waals surface area (Å²) in [5.41, 5.74) is 0. The molecule has 0 aromatic carbocycles. The molecule has 0 saturated carbocycles. The van der Waals surface area contributed by atoms with E-state index in [9.17, 15) is 0 Å². The number of nitrogens with zero attached hydrogens (tertiary/aromatic N) is 1. The van der Waals surface area contributed by atoms with E-state index in [1.165, 1.54) is 120 Å². The van der Waals surface area contributed by atoms with Gasteiger partial charge in [0.15, 0.2) is 0 Å². The van der Waals surface area contributed by atoms with Gasteiger partial charge in [-0.25, -0.2) is 0 Å². The largest absolute Gasteiger partial charge is 0.328 e. The van der Waals surface area contributed by atoms with Crippen LogP contribution in [0.1, 0.15) is 158 Å². The van der Waals surface area contributed by atoms with Gasteiger partial charge in [0, 0.05) is 0 Å². The molecule has 0 spiro atoms. The van der Waals surface area contributed by atoms with E-state index in [1.54, 1.807) is 0 Å². The van der Waals surface area contributed by atoms with Crippen molar-refractivity contribution in [3.05, 3.63) is 0 Å². The minimum atomic E-state index is 0.869. The highest BCUT2D eigenvalue weighted by Gasteiger charge is 2.20. The molecule has 1 heteroatoms. The molecule has 1 nitrogen and oxygen atoms in total. The zero-order valence-corrected chi connectivity index (χ0v) is 26.6. The molecule has 0 aliphatic rings. The maximum Gasteiger partial charge on any atom is 0.0785 e. The van der Waals surface area contributed by atoms with Crippen molar-refractivity contribution >= 4 is 0 Å². The first-order chi connectivity index (χ1) is 16.5. The van der Waals surface area contributed by atoms with Crippen molar-refractivity contribution in [3.8, 4) is 0 Å². The van der Waals surface area contributed by atoms with E-state index in [0.29, 0.717) is 0 Å².